The highest BCUT2D eigenvalue weighted by Crippen LogP contribution is 2.41. The molecule has 3 heterocycles. The van der Waals surface area contributed by atoms with Crippen molar-refractivity contribution in [1.82, 2.24) is 14.4 Å². The molecule has 0 spiro atoms. The summed E-state index contributed by atoms with van der Waals surface area (Å²) in [5.41, 5.74) is 1.65. The van der Waals surface area contributed by atoms with Crippen LogP contribution < -0.4 is 5.56 Å². The first-order valence-corrected chi connectivity index (χ1v) is 9.83. The Bertz CT molecular complexity index is 909. The van der Waals surface area contributed by atoms with Gasteiger partial charge in [-0.05, 0) is 38.1 Å². The molecule has 2 bridgehead atoms. The van der Waals surface area contributed by atoms with E-state index in [9.17, 15) is 14.7 Å². The highest BCUT2D eigenvalue weighted by Gasteiger charge is 2.42. The van der Waals surface area contributed by atoms with Gasteiger partial charge >= 0.3 is 0 Å². The van der Waals surface area contributed by atoms with Crippen molar-refractivity contribution in [2.45, 2.75) is 24.5 Å². The lowest BCUT2D eigenvalue weighted by Gasteiger charge is -2.47. The number of carbonyl (C=O) groups is 1. The molecule has 1 amide bonds. The summed E-state index contributed by atoms with van der Waals surface area (Å²) >= 11 is 0. The van der Waals surface area contributed by atoms with Crippen molar-refractivity contribution in [1.29, 1.82) is 0 Å². The number of carbonyl (C=O) groups excluding carboxylic acids is 1. The zero-order valence-corrected chi connectivity index (χ0v) is 16.4. The van der Waals surface area contributed by atoms with Gasteiger partial charge in [-0.2, -0.15) is 0 Å². The molecule has 0 radical (unpaired) electrons. The van der Waals surface area contributed by atoms with E-state index in [2.05, 4.69) is 4.90 Å². The lowest BCUT2D eigenvalue weighted by Crippen LogP contribution is -2.53. The third kappa shape index (κ3) is 3.38. The van der Waals surface area contributed by atoms with Gasteiger partial charge in [-0.1, -0.05) is 36.4 Å². The minimum absolute atomic E-state index is 0.0272. The SMILES string of the molecule is CN(C)C[C@H]1[C@H]2C[C@H](CN(C(=O)[C@@H](O)c3ccccc3)C2)c2cccc(=O)n21. The number of benzene rings is 1. The average Bonchev–Trinajstić information content (AvgIpc) is 2.70. The van der Waals surface area contributed by atoms with E-state index in [0.29, 0.717) is 18.7 Å². The van der Waals surface area contributed by atoms with E-state index in [1.807, 2.05) is 42.9 Å². The molecule has 4 rings (SSSR count). The van der Waals surface area contributed by atoms with Gasteiger partial charge in [0.1, 0.15) is 0 Å². The van der Waals surface area contributed by atoms with Crippen LogP contribution in [0.4, 0.5) is 0 Å². The summed E-state index contributed by atoms with van der Waals surface area (Å²) in [4.78, 5) is 29.5. The third-order valence-corrected chi connectivity index (χ3v) is 6.01. The summed E-state index contributed by atoms with van der Waals surface area (Å²) in [5, 5.41) is 10.6. The van der Waals surface area contributed by atoms with Crippen LogP contribution in [0.15, 0.2) is 53.3 Å². The molecule has 1 fully saturated rings. The van der Waals surface area contributed by atoms with Crippen molar-refractivity contribution in [3.8, 4) is 0 Å². The first-order chi connectivity index (χ1) is 13.5. The summed E-state index contributed by atoms with van der Waals surface area (Å²) in [6, 6.07) is 14.5. The van der Waals surface area contributed by atoms with Gasteiger partial charge in [-0.25, -0.2) is 0 Å². The first kappa shape index (κ1) is 18.9. The van der Waals surface area contributed by atoms with Gasteiger partial charge < -0.3 is 19.5 Å². The van der Waals surface area contributed by atoms with E-state index < -0.39 is 6.10 Å². The van der Waals surface area contributed by atoms with E-state index >= 15 is 0 Å². The molecule has 0 saturated carbocycles. The molecule has 148 valence electrons. The summed E-state index contributed by atoms with van der Waals surface area (Å²) in [7, 11) is 4.01. The Morgan fingerprint density at radius 3 is 2.61 bits per heavy atom. The monoisotopic (exact) mass is 381 g/mol. The van der Waals surface area contributed by atoms with Crippen LogP contribution in [0.25, 0.3) is 0 Å². The molecule has 6 heteroatoms. The summed E-state index contributed by atoms with van der Waals surface area (Å²) < 4.78 is 1.94. The second-order valence-corrected chi connectivity index (χ2v) is 8.24. The van der Waals surface area contributed by atoms with E-state index in [-0.39, 0.29) is 29.3 Å². The molecule has 0 aliphatic carbocycles. The van der Waals surface area contributed by atoms with Crippen LogP contribution in [0, 0.1) is 5.92 Å². The van der Waals surface area contributed by atoms with Gasteiger partial charge in [-0.3, -0.25) is 9.59 Å². The number of piperidine rings is 1. The van der Waals surface area contributed by atoms with Crippen LogP contribution in [-0.4, -0.2) is 59.1 Å². The quantitative estimate of drug-likeness (QED) is 0.874. The Kier molecular flexibility index (Phi) is 5.08. The Labute approximate surface area is 165 Å². The van der Waals surface area contributed by atoms with Gasteiger partial charge in [0.05, 0.1) is 6.04 Å². The van der Waals surface area contributed by atoms with Crippen molar-refractivity contribution in [3.63, 3.8) is 0 Å². The van der Waals surface area contributed by atoms with Gasteiger partial charge in [-0.15, -0.1) is 0 Å². The number of likely N-dealkylation sites (N-methyl/N-ethyl adjacent to an activating group) is 1. The number of nitrogens with zero attached hydrogens (tertiary/aromatic N) is 3. The first-order valence-electron chi connectivity index (χ1n) is 9.83. The molecule has 1 N–H and O–H groups in total. The molecule has 28 heavy (non-hydrogen) atoms. The minimum atomic E-state index is -1.15. The Hall–Kier alpha value is -2.44. The lowest BCUT2D eigenvalue weighted by atomic mass is 9.78. The smallest absolute Gasteiger partial charge is 0.256 e. The van der Waals surface area contributed by atoms with Crippen LogP contribution in [0.1, 0.15) is 35.7 Å². The summed E-state index contributed by atoms with van der Waals surface area (Å²) in [6.07, 6.45) is -0.182. The van der Waals surface area contributed by atoms with Gasteiger partial charge in [0.25, 0.3) is 11.5 Å². The van der Waals surface area contributed by atoms with Crippen LogP contribution in [0.5, 0.6) is 0 Å². The maximum Gasteiger partial charge on any atom is 0.256 e. The molecular formula is C22H27N3O3. The molecule has 6 nitrogen and oxygen atoms in total. The maximum atomic E-state index is 13.0. The van der Waals surface area contributed by atoms with Crippen molar-refractivity contribution in [2.75, 3.05) is 33.7 Å². The molecule has 1 aromatic heterocycles. The fourth-order valence-electron chi connectivity index (χ4n) is 4.78. The number of aliphatic hydroxyl groups excluding tert-OH is 1. The molecule has 1 saturated heterocycles. The number of pyridine rings is 1. The molecular weight excluding hydrogens is 354 g/mol. The second kappa shape index (κ2) is 7.53. The molecule has 1 aromatic carbocycles. The van der Waals surface area contributed by atoms with E-state index in [4.69, 9.17) is 0 Å². The van der Waals surface area contributed by atoms with Crippen molar-refractivity contribution in [3.05, 3.63) is 70.1 Å². The zero-order valence-electron chi connectivity index (χ0n) is 16.4. The highest BCUT2D eigenvalue weighted by atomic mass is 16.3. The van der Waals surface area contributed by atoms with Gasteiger partial charge in [0.15, 0.2) is 6.10 Å². The lowest BCUT2D eigenvalue weighted by molar-refractivity contribution is -0.143. The summed E-state index contributed by atoms with van der Waals surface area (Å²) in [5.74, 6) is 0.0647. The third-order valence-electron chi connectivity index (χ3n) is 6.01. The number of aromatic nitrogens is 1. The van der Waals surface area contributed by atoms with E-state index in [0.717, 1.165) is 18.7 Å². The average molecular weight is 381 g/mol. The molecule has 2 aliphatic rings. The van der Waals surface area contributed by atoms with Crippen LogP contribution >= 0.6 is 0 Å². The molecule has 2 aromatic rings. The molecule has 0 unspecified atom stereocenters. The predicted molar refractivity (Wildman–Crippen MR) is 107 cm³/mol. The van der Waals surface area contributed by atoms with Crippen molar-refractivity contribution < 1.29 is 9.90 Å². The second-order valence-electron chi connectivity index (χ2n) is 8.24. The van der Waals surface area contributed by atoms with Gasteiger partial charge in [0, 0.05) is 37.3 Å². The largest absolute Gasteiger partial charge is 0.378 e. The number of aliphatic hydroxyl groups is 1. The molecule has 2 aliphatic heterocycles. The Morgan fingerprint density at radius 1 is 1.14 bits per heavy atom. The Balaban J connectivity index is 1.65. The van der Waals surface area contributed by atoms with Crippen LogP contribution in [0.2, 0.25) is 0 Å². The fraction of sp³-hybridized carbons (Fsp3) is 0.455. The Morgan fingerprint density at radius 2 is 1.89 bits per heavy atom. The number of amides is 1. The maximum absolute atomic E-state index is 13.0. The predicted octanol–water partition coefficient (Wildman–Crippen LogP) is 1.63. The van der Waals surface area contributed by atoms with E-state index in [1.165, 1.54) is 0 Å². The number of hydrogen-bond donors (Lipinski definition) is 1. The zero-order chi connectivity index (χ0) is 19.8. The highest BCUT2D eigenvalue weighted by molar-refractivity contribution is 5.82. The van der Waals surface area contributed by atoms with Crippen molar-refractivity contribution >= 4 is 5.91 Å². The topological polar surface area (TPSA) is 65.8 Å². The van der Waals surface area contributed by atoms with Gasteiger partial charge in [0.2, 0.25) is 0 Å². The number of rotatable bonds is 4. The minimum Gasteiger partial charge on any atom is -0.378 e. The van der Waals surface area contributed by atoms with Crippen molar-refractivity contribution in [2.24, 2.45) is 5.92 Å². The van der Waals surface area contributed by atoms with Crippen LogP contribution in [-0.2, 0) is 4.79 Å². The fourth-order valence-corrected chi connectivity index (χ4v) is 4.78. The van der Waals surface area contributed by atoms with E-state index in [1.54, 1.807) is 29.2 Å². The normalized spacial score (nSPS) is 24.7. The molecule has 4 atom stereocenters. The number of hydrogen-bond acceptors (Lipinski definition) is 4. The summed E-state index contributed by atoms with van der Waals surface area (Å²) in [6.45, 7) is 1.85. The number of fused-ring (bicyclic) bond motifs is 4. The standard InChI is InChI=1S/C22H27N3O3/c1-23(2)14-19-17-11-16(18-9-6-10-20(26)25(18)19)12-24(13-17)22(28)21(27)15-7-4-3-5-8-15/h3-10,16-17,19,21,27H,11-14H2,1-2H3/t16-,17+,19+,21+/m1/s1. The van der Waals surface area contributed by atoms with Crippen LogP contribution in [0.3, 0.4) is 0 Å². The number of likely N-dealkylation sites (tertiary alicyclic amines) is 1.